The lowest BCUT2D eigenvalue weighted by molar-refractivity contribution is -0.0157. The number of amides is 1. The van der Waals surface area contributed by atoms with E-state index in [4.69, 9.17) is 4.74 Å². The highest BCUT2D eigenvalue weighted by molar-refractivity contribution is 7.90. The number of carbonyl (C=O) groups is 1. The van der Waals surface area contributed by atoms with Crippen molar-refractivity contribution >= 4 is 15.9 Å². The molecular weight excluding hydrogens is 330 g/mol. The van der Waals surface area contributed by atoms with Crippen molar-refractivity contribution in [1.29, 1.82) is 0 Å². The van der Waals surface area contributed by atoms with Crippen molar-refractivity contribution in [3.63, 3.8) is 0 Å². The lowest BCUT2D eigenvalue weighted by Crippen LogP contribution is -2.60. The number of ether oxygens (including phenoxy) is 1. The number of benzene rings is 1. The molecule has 1 aromatic rings. The van der Waals surface area contributed by atoms with Gasteiger partial charge in [-0.1, -0.05) is 18.2 Å². The van der Waals surface area contributed by atoms with Crippen LogP contribution >= 0.6 is 0 Å². The maximum Gasteiger partial charge on any atom is 0.253 e. The molecule has 0 bridgehead atoms. The quantitative estimate of drug-likeness (QED) is 0.791. The molecule has 0 aliphatic carbocycles. The summed E-state index contributed by atoms with van der Waals surface area (Å²) in [5.41, 5.74) is 0.583. The maximum atomic E-state index is 12.3. The lowest BCUT2D eigenvalue weighted by atomic mass is 10.1. The Morgan fingerprint density at radius 1 is 1.25 bits per heavy atom. The number of likely N-dealkylation sites (N-methyl/N-ethyl adjacent to an activating group) is 1. The van der Waals surface area contributed by atoms with Gasteiger partial charge in [0.15, 0.2) is 0 Å². The minimum atomic E-state index is -3.43. The molecular formula is C16H23N3O4S. The Kier molecular flexibility index (Phi) is 5.19. The molecule has 0 unspecified atom stereocenters. The Morgan fingerprint density at radius 3 is 2.62 bits per heavy atom. The minimum Gasteiger partial charge on any atom is -0.374 e. The van der Waals surface area contributed by atoms with Gasteiger partial charge >= 0.3 is 0 Å². The van der Waals surface area contributed by atoms with Crippen molar-refractivity contribution in [2.24, 2.45) is 0 Å². The van der Waals surface area contributed by atoms with Gasteiger partial charge in [-0.3, -0.25) is 4.79 Å². The number of sulfonamides is 1. The summed E-state index contributed by atoms with van der Waals surface area (Å²) >= 11 is 0. The summed E-state index contributed by atoms with van der Waals surface area (Å²) in [4.78, 5) is 15.9. The van der Waals surface area contributed by atoms with Crippen LogP contribution in [0.2, 0.25) is 0 Å². The molecule has 2 fully saturated rings. The zero-order valence-electron chi connectivity index (χ0n) is 13.7. The number of rotatable bonds is 5. The Bertz CT molecular complexity index is 674. The zero-order chi connectivity index (χ0) is 17.2. The molecule has 0 aromatic heterocycles. The van der Waals surface area contributed by atoms with Crippen molar-refractivity contribution < 1.29 is 17.9 Å². The summed E-state index contributed by atoms with van der Waals surface area (Å²) in [6.45, 7) is 2.93. The summed E-state index contributed by atoms with van der Waals surface area (Å²) in [5, 5.41) is -0.550. The number of nitrogens with zero attached hydrogens (tertiary/aromatic N) is 2. The van der Waals surface area contributed by atoms with Crippen LogP contribution < -0.4 is 4.72 Å². The third kappa shape index (κ3) is 3.94. The van der Waals surface area contributed by atoms with Crippen LogP contribution in [0.4, 0.5) is 0 Å². The van der Waals surface area contributed by atoms with Gasteiger partial charge in [0, 0.05) is 38.3 Å². The molecule has 1 atom stereocenters. The lowest BCUT2D eigenvalue weighted by Gasteiger charge is -2.39. The number of hydrogen-bond donors (Lipinski definition) is 1. The molecule has 1 N–H and O–H groups in total. The number of nitrogens with one attached hydrogen (secondary N) is 1. The maximum absolute atomic E-state index is 12.3. The van der Waals surface area contributed by atoms with E-state index in [9.17, 15) is 13.2 Å². The van der Waals surface area contributed by atoms with E-state index < -0.39 is 15.3 Å². The van der Waals surface area contributed by atoms with Gasteiger partial charge in [0.25, 0.3) is 5.91 Å². The summed E-state index contributed by atoms with van der Waals surface area (Å²) in [6, 6.07) is 8.90. The van der Waals surface area contributed by atoms with Gasteiger partial charge in [-0.15, -0.1) is 0 Å². The summed E-state index contributed by atoms with van der Waals surface area (Å²) < 4.78 is 32.8. The van der Waals surface area contributed by atoms with E-state index in [1.807, 2.05) is 13.1 Å². The van der Waals surface area contributed by atoms with E-state index in [1.165, 1.54) is 0 Å². The molecule has 3 rings (SSSR count). The van der Waals surface area contributed by atoms with Crippen molar-refractivity contribution in [3.8, 4) is 0 Å². The van der Waals surface area contributed by atoms with Gasteiger partial charge in [-0.2, -0.15) is 0 Å². The van der Waals surface area contributed by atoms with Gasteiger partial charge in [0.2, 0.25) is 10.0 Å². The van der Waals surface area contributed by atoms with Crippen LogP contribution in [0.15, 0.2) is 30.3 Å². The van der Waals surface area contributed by atoms with Crippen LogP contribution in [0.3, 0.4) is 0 Å². The van der Waals surface area contributed by atoms with Crippen LogP contribution in [-0.4, -0.2) is 81.9 Å². The molecule has 132 valence electrons. The molecule has 2 aliphatic rings. The van der Waals surface area contributed by atoms with E-state index in [1.54, 1.807) is 29.2 Å². The molecule has 1 aromatic carbocycles. The fourth-order valence-electron chi connectivity index (χ4n) is 2.88. The van der Waals surface area contributed by atoms with Crippen LogP contribution in [0, 0.1) is 0 Å². The smallest absolute Gasteiger partial charge is 0.253 e. The molecule has 0 spiro atoms. The minimum absolute atomic E-state index is 0.124. The van der Waals surface area contributed by atoms with E-state index in [-0.39, 0.29) is 31.6 Å². The molecule has 2 heterocycles. The molecule has 7 nitrogen and oxygen atoms in total. The predicted octanol–water partition coefficient (Wildman–Crippen LogP) is -0.239. The molecule has 8 heteroatoms. The number of carbonyl (C=O) groups excluding carboxylic acids is 1. The largest absolute Gasteiger partial charge is 0.374 e. The first-order valence-electron chi connectivity index (χ1n) is 8.08. The van der Waals surface area contributed by atoms with Crippen LogP contribution in [0.25, 0.3) is 0 Å². The van der Waals surface area contributed by atoms with Crippen molar-refractivity contribution in [3.05, 3.63) is 35.9 Å². The van der Waals surface area contributed by atoms with Gasteiger partial charge in [0.1, 0.15) is 5.25 Å². The van der Waals surface area contributed by atoms with Crippen LogP contribution in [0.1, 0.15) is 10.4 Å². The van der Waals surface area contributed by atoms with Crippen LogP contribution in [0.5, 0.6) is 0 Å². The molecule has 24 heavy (non-hydrogen) atoms. The highest BCUT2D eigenvalue weighted by Crippen LogP contribution is 2.18. The van der Waals surface area contributed by atoms with E-state index >= 15 is 0 Å². The molecule has 2 saturated heterocycles. The Morgan fingerprint density at radius 2 is 1.96 bits per heavy atom. The average Bonchev–Trinajstić information content (AvgIpc) is 2.52. The third-order valence-electron chi connectivity index (χ3n) is 4.45. The van der Waals surface area contributed by atoms with Crippen molar-refractivity contribution in [2.45, 2.75) is 11.4 Å². The van der Waals surface area contributed by atoms with E-state index in [2.05, 4.69) is 9.62 Å². The van der Waals surface area contributed by atoms with E-state index in [0.717, 1.165) is 6.54 Å². The highest BCUT2D eigenvalue weighted by Gasteiger charge is 2.40. The number of morpholine rings is 1. The Labute approximate surface area is 142 Å². The second-order valence-corrected chi connectivity index (χ2v) is 8.39. The second-order valence-electron chi connectivity index (χ2n) is 6.35. The first-order chi connectivity index (χ1) is 11.5. The first kappa shape index (κ1) is 17.3. The molecule has 1 amide bonds. The van der Waals surface area contributed by atoms with Gasteiger partial charge in [-0.25, -0.2) is 13.1 Å². The third-order valence-corrected chi connectivity index (χ3v) is 6.19. The predicted molar refractivity (Wildman–Crippen MR) is 90.3 cm³/mol. The SMILES string of the molecule is CN1CCO[C@H](CNS(=O)(=O)C2CN(C(=O)c3ccccc3)C2)C1. The summed E-state index contributed by atoms with van der Waals surface area (Å²) in [7, 11) is -1.44. The molecule has 0 radical (unpaired) electrons. The van der Waals surface area contributed by atoms with Gasteiger partial charge in [-0.05, 0) is 19.2 Å². The van der Waals surface area contributed by atoms with Gasteiger partial charge in [0.05, 0.1) is 12.7 Å². The summed E-state index contributed by atoms with van der Waals surface area (Å²) in [5.74, 6) is -0.126. The van der Waals surface area contributed by atoms with Crippen molar-refractivity contribution in [1.82, 2.24) is 14.5 Å². The topological polar surface area (TPSA) is 79.0 Å². The fraction of sp³-hybridized carbons (Fsp3) is 0.562. The van der Waals surface area contributed by atoms with E-state index in [0.29, 0.717) is 18.7 Å². The normalized spacial score (nSPS) is 23.0. The number of hydrogen-bond acceptors (Lipinski definition) is 5. The van der Waals surface area contributed by atoms with Crippen LogP contribution in [-0.2, 0) is 14.8 Å². The highest BCUT2D eigenvalue weighted by atomic mass is 32.2. The molecule has 0 saturated carbocycles. The first-order valence-corrected chi connectivity index (χ1v) is 9.63. The monoisotopic (exact) mass is 353 g/mol. The Balaban J connectivity index is 1.48. The second kappa shape index (κ2) is 7.18. The van der Waals surface area contributed by atoms with Gasteiger partial charge < -0.3 is 14.5 Å². The fourth-order valence-corrected chi connectivity index (χ4v) is 4.29. The summed E-state index contributed by atoms with van der Waals surface area (Å²) in [6.07, 6.45) is -0.124. The van der Waals surface area contributed by atoms with Crippen molar-refractivity contribution in [2.75, 3.05) is 46.4 Å². The standard InChI is InChI=1S/C16H23N3O4S/c1-18-7-8-23-14(10-18)9-17-24(21,22)15-11-19(12-15)16(20)13-5-3-2-4-6-13/h2-6,14-15,17H,7-12H2,1H3/t14-/m1/s1. The Hall–Kier alpha value is -1.48. The zero-order valence-corrected chi connectivity index (χ0v) is 14.5. The average molecular weight is 353 g/mol. The molecule has 2 aliphatic heterocycles. The number of likely N-dealkylation sites (tertiary alicyclic amines) is 1.